The minimum Gasteiger partial charge on any atom is -0.497 e. The highest BCUT2D eigenvalue weighted by Gasteiger charge is 2.19. The molecule has 0 saturated carbocycles. The van der Waals surface area contributed by atoms with Gasteiger partial charge in [-0.2, -0.15) is 9.64 Å². The lowest BCUT2D eigenvalue weighted by Gasteiger charge is -2.20. The second kappa shape index (κ2) is 7.51. The summed E-state index contributed by atoms with van der Waals surface area (Å²) in [7, 11) is 1.60. The summed E-state index contributed by atoms with van der Waals surface area (Å²) in [4.78, 5) is 0. The van der Waals surface area contributed by atoms with Crippen molar-refractivity contribution in [3.8, 4) is 11.8 Å². The highest BCUT2D eigenvalue weighted by molar-refractivity contribution is 7.10. The summed E-state index contributed by atoms with van der Waals surface area (Å²) in [6.07, 6.45) is 0. The molecule has 1 aromatic heterocycles. The van der Waals surface area contributed by atoms with Gasteiger partial charge in [0.1, 0.15) is 28.2 Å². The molecule has 0 bridgehead atoms. The molecule has 3 rings (SSSR count). The molecule has 1 heterocycles. The topological polar surface area (TPSA) is 57.9 Å². The molecule has 3 aromatic rings. The molecular formula is C18H13ClFN3OS. The molecule has 25 heavy (non-hydrogen) atoms. The summed E-state index contributed by atoms with van der Waals surface area (Å²) < 4.78 is 22.5. The standard InChI is InChI=1S/C18H13ClFN3OS/c1-24-14-8-4-12(5-9-14)16(11-2-6-13(20)7-3-11)22-18-15(10-21)17(19)23-25-18/h2-9,16,22H,1H3/t16-/m0/s1. The molecule has 0 spiro atoms. The predicted molar refractivity (Wildman–Crippen MR) is 96.7 cm³/mol. The van der Waals surface area contributed by atoms with Gasteiger partial charge in [0, 0.05) is 0 Å². The van der Waals surface area contributed by atoms with Crippen LogP contribution in [0.25, 0.3) is 0 Å². The first-order valence-corrected chi connectivity index (χ1v) is 8.48. The second-order valence-electron chi connectivity index (χ2n) is 5.19. The van der Waals surface area contributed by atoms with Gasteiger partial charge in [0.2, 0.25) is 0 Å². The van der Waals surface area contributed by atoms with E-state index in [-0.39, 0.29) is 17.0 Å². The van der Waals surface area contributed by atoms with E-state index < -0.39 is 0 Å². The summed E-state index contributed by atoms with van der Waals surface area (Å²) >= 11 is 7.07. The van der Waals surface area contributed by atoms with Crippen molar-refractivity contribution < 1.29 is 9.13 Å². The Hall–Kier alpha value is -2.62. The Morgan fingerprint density at radius 1 is 1.16 bits per heavy atom. The number of benzene rings is 2. The number of nitriles is 1. The summed E-state index contributed by atoms with van der Waals surface area (Å²) in [6.45, 7) is 0. The average molecular weight is 374 g/mol. The van der Waals surface area contributed by atoms with E-state index in [0.29, 0.717) is 10.6 Å². The lowest BCUT2D eigenvalue weighted by atomic mass is 9.98. The van der Waals surface area contributed by atoms with Crippen molar-refractivity contribution in [1.29, 1.82) is 5.26 Å². The number of halogens is 2. The van der Waals surface area contributed by atoms with Crippen molar-refractivity contribution in [2.24, 2.45) is 0 Å². The second-order valence-corrected chi connectivity index (χ2v) is 6.32. The van der Waals surface area contributed by atoms with Crippen molar-refractivity contribution in [2.45, 2.75) is 6.04 Å². The van der Waals surface area contributed by atoms with Crippen LogP contribution in [0.4, 0.5) is 9.39 Å². The number of hydrogen-bond donors (Lipinski definition) is 1. The molecule has 0 saturated heterocycles. The third-order valence-corrected chi connectivity index (χ3v) is 4.84. The minimum atomic E-state index is -0.309. The first-order valence-electron chi connectivity index (χ1n) is 7.33. The number of methoxy groups -OCH3 is 1. The number of rotatable bonds is 5. The molecule has 0 aliphatic carbocycles. The maximum Gasteiger partial charge on any atom is 0.162 e. The van der Waals surface area contributed by atoms with E-state index in [9.17, 15) is 9.65 Å². The van der Waals surface area contributed by atoms with Crippen LogP contribution < -0.4 is 10.1 Å². The van der Waals surface area contributed by atoms with Crippen LogP contribution in [0.2, 0.25) is 5.15 Å². The maximum atomic E-state index is 13.3. The molecule has 0 radical (unpaired) electrons. The smallest absolute Gasteiger partial charge is 0.162 e. The van der Waals surface area contributed by atoms with E-state index in [2.05, 4.69) is 15.8 Å². The van der Waals surface area contributed by atoms with Gasteiger partial charge in [-0.15, -0.1) is 0 Å². The summed E-state index contributed by atoms with van der Waals surface area (Å²) in [5, 5.41) is 13.3. The van der Waals surface area contributed by atoms with Gasteiger partial charge in [-0.05, 0) is 46.9 Å². The number of nitrogens with zero attached hydrogens (tertiary/aromatic N) is 2. The van der Waals surface area contributed by atoms with E-state index in [0.717, 1.165) is 28.4 Å². The molecule has 0 fully saturated rings. The number of hydrogen-bond acceptors (Lipinski definition) is 5. The zero-order chi connectivity index (χ0) is 17.8. The SMILES string of the molecule is COc1ccc([C@@H](Nc2snc(Cl)c2C#N)c2ccc(F)cc2)cc1. The lowest BCUT2D eigenvalue weighted by molar-refractivity contribution is 0.414. The van der Waals surface area contributed by atoms with Gasteiger partial charge < -0.3 is 10.1 Å². The van der Waals surface area contributed by atoms with Gasteiger partial charge in [0.25, 0.3) is 0 Å². The Labute approximate surface area is 153 Å². The normalized spacial score (nSPS) is 11.6. The van der Waals surface area contributed by atoms with Gasteiger partial charge in [0.05, 0.1) is 13.2 Å². The predicted octanol–water partition coefficient (Wildman–Crippen LogP) is 5.02. The molecule has 0 amide bonds. The van der Waals surface area contributed by atoms with Crippen molar-refractivity contribution in [3.05, 3.63) is 76.2 Å². The highest BCUT2D eigenvalue weighted by atomic mass is 35.5. The van der Waals surface area contributed by atoms with Crippen LogP contribution >= 0.6 is 23.1 Å². The maximum absolute atomic E-state index is 13.3. The quantitative estimate of drug-likeness (QED) is 0.682. The van der Waals surface area contributed by atoms with Crippen molar-refractivity contribution in [3.63, 3.8) is 0 Å². The fourth-order valence-corrected chi connectivity index (χ4v) is 3.37. The Bertz CT molecular complexity index is 904. The summed E-state index contributed by atoms with van der Waals surface area (Å²) in [5.41, 5.74) is 2.08. The van der Waals surface area contributed by atoms with Crippen LogP contribution in [-0.4, -0.2) is 11.5 Å². The van der Waals surface area contributed by atoms with Gasteiger partial charge in [-0.1, -0.05) is 35.9 Å². The third kappa shape index (κ3) is 3.73. The van der Waals surface area contributed by atoms with Gasteiger partial charge in [-0.25, -0.2) is 4.39 Å². The monoisotopic (exact) mass is 373 g/mol. The van der Waals surface area contributed by atoms with Crippen LogP contribution in [0, 0.1) is 17.1 Å². The Kier molecular flexibility index (Phi) is 5.17. The Morgan fingerprint density at radius 2 is 1.76 bits per heavy atom. The van der Waals surface area contributed by atoms with Crippen LogP contribution in [0.3, 0.4) is 0 Å². The number of nitrogens with one attached hydrogen (secondary N) is 1. The lowest BCUT2D eigenvalue weighted by Crippen LogP contribution is -2.12. The zero-order valence-electron chi connectivity index (χ0n) is 13.2. The molecule has 2 aromatic carbocycles. The largest absolute Gasteiger partial charge is 0.497 e. The van der Waals surface area contributed by atoms with Crippen LogP contribution in [0.1, 0.15) is 22.7 Å². The van der Waals surface area contributed by atoms with E-state index in [1.807, 2.05) is 24.3 Å². The number of ether oxygens (including phenoxy) is 1. The van der Waals surface area contributed by atoms with Gasteiger partial charge in [0.15, 0.2) is 5.15 Å². The van der Waals surface area contributed by atoms with Crippen LogP contribution in [0.5, 0.6) is 5.75 Å². The average Bonchev–Trinajstić information content (AvgIpc) is 3.00. The Morgan fingerprint density at radius 3 is 2.32 bits per heavy atom. The third-order valence-electron chi connectivity index (χ3n) is 3.69. The molecule has 0 aliphatic heterocycles. The molecule has 4 nitrogen and oxygen atoms in total. The van der Waals surface area contributed by atoms with Crippen LogP contribution in [-0.2, 0) is 0 Å². The number of anilines is 1. The highest BCUT2D eigenvalue weighted by Crippen LogP contribution is 2.34. The number of aromatic nitrogens is 1. The minimum absolute atomic E-state index is 0.169. The van der Waals surface area contributed by atoms with Crippen molar-refractivity contribution in [2.75, 3.05) is 12.4 Å². The van der Waals surface area contributed by atoms with Gasteiger partial charge >= 0.3 is 0 Å². The van der Waals surface area contributed by atoms with E-state index in [1.165, 1.54) is 12.1 Å². The fourth-order valence-electron chi connectivity index (χ4n) is 2.41. The molecular weight excluding hydrogens is 361 g/mol. The van der Waals surface area contributed by atoms with E-state index >= 15 is 0 Å². The molecule has 126 valence electrons. The van der Waals surface area contributed by atoms with Crippen LogP contribution in [0.15, 0.2) is 48.5 Å². The molecule has 0 unspecified atom stereocenters. The summed E-state index contributed by atoms with van der Waals surface area (Å²) in [6, 6.07) is 15.5. The molecule has 1 atom stereocenters. The summed E-state index contributed by atoms with van der Waals surface area (Å²) in [5.74, 6) is 0.427. The first kappa shape index (κ1) is 17.2. The van der Waals surface area contributed by atoms with E-state index in [1.54, 1.807) is 19.2 Å². The van der Waals surface area contributed by atoms with Crippen molar-refractivity contribution in [1.82, 2.24) is 4.37 Å². The Balaban J connectivity index is 2.01. The van der Waals surface area contributed by atoms with Gasteiger partial charge in [-0.3, -0.25) is 0 Å². The zero-order valence-corrected chi connectivity index (χ0v) is 14.7. The first-order chi connectivity index (χ1) is 12.1. The van der Waals surface area contributed by atoms with Crippen molar-refractivity contribution >= 4 is 28.1 Å². The van der Waals surface area contributed by atoms with E-state index in [4.69, 9.17) is 16.3 Å². The molecule has 7 heteroatoms. The molecule has 1 N–H and O–H groups in total. The fraction of sp³-hybridized carbons (Fsp3) is 0.111. The molecule has 0 aliphatic rings.